The van der Waals surface area contributed by atoms with E-state index >= 15 is 0 Å². The van der Waals surface area contributed by atoms with Gasteiger partial charge in [-0.1, -0.05) is 11.3 Å². The number of hydrogen-bond acceptors (Lipinski definition) is 8. The molecule has 1 N–H and O–H groups in total. The Bertz CT molecular complexity index is 1280. The summed E-state index contributed by atoms with van der Waals surface area (Å²) in [5.74, 6) is 1.66. The molecule has 0 radical (unpaired) electrons. The van der Waals surface area contributed by atoms with E-state index in [1.165, 1.54) is 21.9 Å². The predicted molar refractivity (Wildman–Crippen MR) is 119 cm³/mol. The highest BCUT2D eigenvalue weighted by Gasteiger charge is 2.12. The molecule has 0 aliphatic heterocycles. The molecule has 2 aromatic heterocycles. The van der Waals surface area contributed by atoms with Crippen molar-refractivity contribution in [3.05, 3.63) is 70.6 Å². The fourth-order valence-corrected chi connectivity index (χ4v) is 3.79. The molecule has 4 aromatic rings. The molecule has 0 saturated heterocycles. The van der Waals surface area contributed by atoms with E-state index in [0.717, 1.165) is 11.3 Å². The van der Waals surface area contributed by atoms with Crippen LogP contribution >= 0.6 is 11.3 Å². The third-order valence-corrected chi connectivity index (χ3v) is 5.49. The van der Waals surface area contributed by atoms with Crippen LogP contribution < -0.4 is 25.1 Å². The van der Waals surface area contributed by atoms with Crippen LogP contribution in [0.4, 0.5) is 0 Å². The number of aromatic nitrogens is 3. The van der Waals surface area contributed by atoms with Crippen LogP contribution in [-0.2, 0) is 11.3 Å². The molecule has 164 valence electrons. The number of ether oxygens (including phenoxy) is 3. The second-order valence-corrected chi connectivity index (χ2v) is 7.61. The number of carbonyl (C=O) groups is 1. The van der Waals surface area contributed by atoms with Gasteiger partial charge in [-0.2, -0.15) is 9.61 Å². The predicted octanol–water partition coefficient (Wildman–Crippen LogP) is 2.53. The molecule has 4 rings (SSSR count). The Morgan fingerprint density at radius 3 is 2.28 bits per heavy atom. The van der Waals surface area contributed by atoms with Crippen molar-refractivity contribution >= 4 is 22.2 Å². The molecule has 9 nitrogen and oxygen atoms in total. The van der Waals surface area contributed by atoms with E-state index < -0.39 is 0 Å². The minimum Gasteiger partial charge on any atom is -0.497 e. The number of benzene rings is 2. The first-order valence-corrected chi connectivity index (χ1v) is 10.4. The van der Waals surface area contributed by atoms with Crippen LogP contribution in [0.25, 0.3) is 15.5 Å². The van der Waals surface area contributed by atoms with Crippen LogP contribution in [0.3, 0.4) is 0 Å². The second kappa shape index (κ2) is 9.48. The largest absolute Gasteiger partial charge is 0.497 e. The molecule has 0 atom stereocenters. The molecular weight excluding hydrogens is 432 g/mol. The number of carbonyl (C=O) groups excluding carboxylic acids is 1. The third kappa shape index (κ3) is 4.86. The smallest absolute Gasteiger partial charge is 0.275 e. The summed E-state index contributed by atoms with van der Waals surface area (Å²) in [6, 6.07) is 15.7. The summed E-state index contributed by atoms with van der Waals surface area (Å²) in [4.78, 5) is 29.5. The Morgan fingerprint density at radius 1 is 1.00 bits per heavy atom. The van der Waals surface area contributed by atoms with Gasteiger partial charge in [0.2, 0.25) is 4.96 Å². The maximum Gasteiger partial charge on any atom is 0.275 e. The van der Waals surface area contributed by atoms with E-state index in [2.05, 4.69) is 15.4 Å². The molecule has 0 bridgehead atoms. The lowest BCUT2D eigenvalue weighted by Gasteiger charge is -2.08. The van der Waals surface area contributed by atoms with Crippen molar-refractivity contribution in [3.8, 4) is 27.8 Å². The molecule has 2 heterocycles. The van der Waals surface area contributed by atoms with E-state index in [1.807, 2.05) is 24.3 Å². The number of hydrogen-bond donors (Lipinski definition) is 1. The summed E-state index contributed by atoms with van der Waals surface area (Å²) in [5, 5.41) is 7.72. The number of amides is 1. The van der Waals surface area contributed by atoms with Crippen LogP contribution in [0.2, 0.25) is 0 Å². The van der Waals surface area contributed by atoms with Gasteiger partial charge in [0.05, 0.1) is 26.5 Å². The number of methoxy groups -OCH3 is 2. The molecule has 0 aliphatic carbocycles. The molecule has 0 spiro atoms. The highest BCUT2D eigenvalue weighted by Crippen LogP contribution is 2.26. The maximum absolute atomic E-state index is 12.5. The van der Waals surface area contributed by atoms with Gasteiger partial charge in [-0.15, -0.1) is 0 Å². The number of nitrogens with zero attached hydrogens (tertiary/aromatic N) is 3. The van der Waals surface area contributed by atoms with E-state index in [9.17, 15) is 9.59 Å². The molecule has 0 saturated carbocycles. The van der Waals surface area contributed by atoms with E-state index in [-0.39, 0.29) is 24.6 Å². The molecule has 0 fully saturated rings. The average Bonchev–Trinajstić information content (AvgIpc) is 3.26. The molecule has 10 heteroatoms. The Morgan fingerprint density at radius 2 is 1.62 bits per heavy atom. The van der Waals surface area contributed by atoms with Gasteiger partial charge in [-0.05, 0) is 48.5 Å². The van der Waals surface area contributed by atoms with E-state index in [4.69, 9.17) is 14.2 Å². The average molecular weight is 452 g/mol. The summed E-state index contributed by atoms with van der Waals surface area (Å²) in [7, 11) is 3.17. The van der Waals surface area contributed by atoms with Crippen molar-refractivity contribution in [2.24, 2.45) is 0 Å². The first-order chi connectivity index (χ1) is 15.6. The van der Waals surface area contributed by atoms with Gasteiger partial charge in [0.1, 0.15) is 22.3 Å². The number of fused-ring (bicyclic) bond motifs is 1. The summed E-state index contributed by atoms with van der Waals surface area (Å²) in [6.45, 7) is -0.0535. The molecule has 32 heavy (non-hydrogen) atoms. The second-order valence-electron chi connectivity index (χ2n) is 6.66. The highest BCUT2D eigenvalue weighted by atomic mass is 32.1. The summed E-state index contributed by atoms with van der Waals surface area (Å²) in [5.41, 5.74) is 0.980. The fourth-order valence-electron chi connectivity index (χ4n) is 2.86. The van der Waals surface area contributed by atoms with Gasteiger partial charge in [-0.25, -0.2) is 4.98 Å². The minimum absolute atomic E-state index is 0.103. The lowest BCUT2D eigenvalue weighted by Crippen LogP contribution is -2.29. The zero-order valence-electron chi connectivity index (χ0n) is 17.4. The zero-order chi connectivity index (χ0) is 22.5. The minimum atomic E-state index is -0.328. The molecule has 0 aliphatic rings. The normalized spacial score (nSPS) is 10.7. The number of nitrogens with one attached hydrogen (secondary N) is 1. The standard InChI is InChI=1S/C22H20N4O5S/c1-29-16-5-3-14(4-6-16)21-25-26-20(28)11-15(24-22(26)32-21)12-23-19(27)13-31-18-9-7-17(30-2)8-10-18/h3-11H,12-13H2,1-2H3,(H,23,27). The van der Waals surface area contributed by atoms with Crippen molar-refractivity contribution in [1.82, 2.24) is 19.9 Å². The topological polar surface area (TPSA) is 104 Å². The summed E-state index contributed by atoms with van der Waals surface area (Å²) < 4.78 is 16.9. The van der Waals surface area contributed by atoms with Crippen LogP contribution in [0, 0.1) is 0 Å². The van der Waals surface area contributed by atoms with Crippen LogP contribution in [-0.4, -0.2) is 41.3 Å². The third-order valence-electron chi connectivity index (χ3n) is 4.53. The van der Waals surface area contributed by atoms with E-state index in [1.54, 1.807) is 38.5 Å². The lowest BCUT2D eigenvalue weighted by molar-refractivity contribution is -0.123. The molecule has 2 aromatic carbocycles. The van der Waals surface area contributed by atoms with Crippen LogP contribution in [0.1, 0.15) is 5.69 Å². The Balaban J connectivity index is 1.40. The Hall–Kier alpha value is -3.92. The van der Waals surface area contributed by atoms with Crippen LogP contribution in [0.5, 0.6) is 17.2 Å². The molecular formula is C22H20N4O5S. The van der Waals surface area contributed by atoms with Crippen molar-refractivity contribution in [3.63, 3.8) is 0 Å². The Labute approximate surface area is 187 Å². The van der Waals surface area contributed by atoms with Gasteiger partial charge >= 0.3 is 0 Å². The quantitative estimate of drug-likeness (QED) is 0.438. The van der Waals surface area contributed by atoms with Crippen molar-refractivity contribution in [2.45, 2.75) is 6.54 Å². The van der Waals surface area contributed by atoms with Gasteiger partial charge in [0.15, 0.2) is 6.61 Å². The zero-order valence-corrected chi connectivity index (χ0v) is 18.2. The maximum atomic E-state index is 12.5. The van der Waals surface area contributed by atoms with E-state index in [0.29, 0.717) is 27.2 Å². The highest BCUT2D eigenvalue weighted by molar-refractivity contribution is 7.19. The summed E-state index contributed by atoms with van der Waals surface area (Å²) in [6.07, 6.45) is 0. The monoisotopic (exact) mass is 452 g/mol. The van der Waals surface area contributed by atoms with Crippen molar-refractivity contribution in [2.75, 3.05) is 20.8 Å². The Kier molecular flexibility index (Phi) is 6.31. The SMILES string of the molecule is COc1ccc(OCC(=O)NCc2cc(=O)n3nc(-c4ccc(OC)cc4)sc3n2)cc1. The first kappa shape index (κ1) is 21.3. The fraction of sp³-hybridized carbons (Fsp3) is 0.182. The lowest BCUT2D eigenvalue weighted by atomic mass is 10.2. The first-order valence-electron chi connectivity index (χ1n) is 9.63. The van der Waals surface area contributed by atoms with Crippen molar-refractivity contribution in [1.29, 1.82) is 0 Å². The number of rotatable bonds is 8. The van der Waals surface area contributed by atoms with Crippen molar-refractivity contribution < 1.29 is 19.0 Å². The van der Waals surface area contributed by atoms with Gasteiger partial charge < -0.3 is 19.5 Å². The van der Waals surface area contributed by atoms with Gasteiger partial charge in [-0.3, -0.25) is 9.59 Å². The van der Waals surface area contributed by atoms with Crippen LogP contribution in [0.15, 0.2) is 59.4 Å². The molecule has 1 amide bonds. The molecule has 0 unspecified atom stereocenters. The van der Waals surface area contributed by atoms with Gasteiger partial charge in [0, 0.05) is 11.6 Å². The van der Waals surface area contributed by atoms with Gasteiger partial charge in [0.25, 0.3) is 11.5 Å². The summed E-state index contributed by atoms with van der Waals surface area (Å²) >= 11 is 1.29.